The van der Waals surface area contributed by atoms with Crippen LogP contribution in [0.4, 0.5) is 11.5 Å². The Morgan fingerprint density at radius 3 is 2.37 bits per heavy atom. The molecule has 0 unspecified atom stereocenters. The highest BCUT2D eigenvalue weighted by atomic mass is 16.2. The molecule has 1 heterocycles. The third kappa shape index (κ3) is 5.14. The summed E-state index contributed by atoms with van der Waals surface area (Å²) in [7, 11) is 1.75. The van der Waals surface area contributed by atoms with E-state index in [4.69, 9.17) is 0 Å². The van der Waals surface area contributed by atoms with E-state index in [9.17, 15) is 4.79 Å². The summed E-state index contributed by atoms with van der Waals surface area (Å²) >= 11 is 0. The predicted molar refractivity (Wildman–Crippen MR) is 109 cm³/mol. The van der Waals surface area contributed by atoms with Crippen LogP contribution in [0.2, 0.25) is 0 Å². The number of aromatic nitrogens is 2. The maximum atomic E-state index is 12.8. The summed E-state index contributed by atoms with van der Waals surface area (Å²) in [4.78, 5) is 23.1. The first kappa shape index (κ1) is 18.6. The molecule has 27 heavy (non-hydrogen) atoms. The van der Waals surface area contributed by atoms with Crippen LogP contribution in [-0.4, -0.2) is 29.5 Å². The number of anilines is 2. The molecule has 0 fully saturated rings. The Hall–Kier alpha value is -3.21. The van der Waals surface area contributed by atoms with Gasteiger partial charge in [-0.2, -0.15) is 0 Å². The molecule has 0 bridgehead atoms. The van der Waals surface area contributed by atoms with Crippen molar-refractivity contribution in [1.82, 2.24) is 9.97 Å². The topological polar surface area (TPSA) is 58.1 Å². The van der Waals surface area contributed by atoms with Crippen LogP contribution in [0.25, 0.3) is 0 Å². The number of carbonyl (C=O) groups excluding carboxylic acids is 1. The van der Waals surface area contributed by atoms with Crippen LogP contribution in [0.5, 0.6) is 0 Å². The van der Waals surface area contributed by atoms with Crippen molar-refractivity contribution in [3.8, 4) is 0 Å². The number of carbonyl (C=O) groups is 1. The Morgan fingerprint density at radius 1 is 1.00 bits per heavy atom. The van der Waals surface area contributed by atoms with Gasteiger partial charge >= 0.3 is 0 Å². The summed E-state index contributed by atoms with van der Waals surface area (Å²) in [6.45, 7) is 2.59. The Morgan fingerprint density at radius 2 is 1.67 bits per heavy atom. The largest absolute Gasteiger partial charge is 0.370 e. The zero-order valence-electron chi connectivity index (χ0n) is 15.7. The van der Waals surface area contributed by atoms with E-state index in [1.165, 1.54) is 5.56 Å². The summed E-state index contributed by atoms with van der Waals surface area (Å²) in [5, 5.41) is 3.31. The van der Waals surface area contributed by atoms with Gasteiger partial charge in [0.25, 0.3) is 5.91 Å². The molecule has 3 rings (SSSR count). The number of hydrogen-bond donors (Lipinski definition) is 1. The molecule has 138 valence electrons. The lowest BCUT2D eigenvalue weighted by Crippen LogP contribution is -2.27. The fraction of sp³-hybridized carbons (Fsp3) is 0.227. The predicted octanol–water partition coefficient (Wildman–Crippen LogP) is 4.11. The van der Waals surface area contributed by atoms with Gasteiger partial charge in [0.2, 0.25) is 0 Å². The normalized spacial score (nSPS) is 10.4. The average molecular weight is 360 g/mol. The van der Waals surface area contributed by atoms with Crippen LogP contribution in [0, 0.1) is 6.92 Å². The molecule has 1 N–H and O–H groups in total. The Balaban J connectivity index is 1.62. The van der Waals surface area contributed by atoms with Crippen molar-refractivity contribution >= 4 is 17.4 Å². The first-order valence-corrected chi connectivity index (χ1v) is 9.10. The van der Waals surface area contributed by atoms with Gasteiger partial charge in [-0.25, -0.2) is 9.97 Å². The molecule has 0 saturated carbocycles. The van der Waals surface area contributed by atoms with Crippen molar-refractivity contribution < 1.29 is 4.79 Å². The van der Waals surface area contributed by atoms with E-state index in [0.717, 1.165) is 25.1 Å². The quantitative estimate of drug-likeness (QED) is 0.644. The molecule has 5 nitrogen and oxygen atoms in total. The van der Waals surface area contributed by atoms with E-state index in [-0.39, 0.29) is 5.91 Å². The fourth-order valence-electron chi connectivity index (χ4n) is 2.86. The molecule has 0 radical (unpaired) electrons. The van der Waals surface area contributed by atoms with Crippen molar-refractivity contribution in [2.75, 3.05) is 23.8 Å². The summed E-state index contributed by atoms with van der Waals surface area (Å²) in [5.41, 5.74) is 2.54. The van der Waals surface area contributed by atoms with Crippen molar-refractivity contribution in [1.29, 1.82) is 0 Å². The van der Waals surface area contributed by atoms with Gasteiger partial charge in [0.1, 0.15) is 17.3 Å². The lowest BCUT2D eigenvalue weighted by molar-refractivity contribution is 0.0988. The molecule has 0 atom stereocenters. The van der Waals surface area contributed by atoms with Gasteiger partial charge in [-0.15, -0.1) is 0 Å². The number of para-hydroxylation sites is 1. The second-order valence-electron chi connectivity index (χ2n) is 6.40. The molecular weight excluding hydrogens is 336 g/mol. The van der Waals surface area contributed by atoms with Crippen molar-refractivity contribution in [3.05, 3.63) is 83.8 Å². The van der Waals surface area contributed by atoms with Gasteiger partial charge in [-0.1, -0.05) is 48.5 Å². The molecule has 0 aliphatic carbocycles. The lowest BCUT2D eigenvalue weighted by Gasteiger charge is -2.17. The highest BCUT2D eigenvalue weighted by molar-refractivity contribution is 6.04. The van der Waals surface area contributed by atoms with E-state index < -0.39 is 0 Å². The van der Waals surface area contributed by atoms with Crippen LogP contribution < -0.4 is 10.2 Å². The van der Waals surface area contributed by atoms with Crippen LogP contribution in [0.1, 0.15) is 28.3 Å². The summed E-state index contributed by atoms with van der Waals surface area (Å²) in [6.07, 6.45) is 1.99. The third-order valence-electron chi connectivity index (χ3n) is 4.30. The molecule has 1 aromatic heterocycles. The molecule has 3 aromatic rings. The van der Waals surface area contributed by atoms with Gasteiger partial charge in [0.15, 0.2) is 0 Å². The maximum Gasteiger partial charge on any atom is 0.276 e. The number of aryl methyl sites for hydroxylation is 2. The average Bonchev–Trinajstić information content (AvgIpc) is 2.71. The van der Waals surface area contributed by atoms with Crippen LogP contribution in [0.15, 0.2) is 66.7 Å². The Kier molecular flexibility index (Phi) is 6.15. The first-order valence-electron chi connectivity index (χ1n) is 9.10. The summed E-state index contributed by atoms with van der Waals surface area (Å²) < 4.78 is 0. The number of rotatable bonds is 7. The van der Waals surface area contributed by atoms with Gasteiger partial charge in [-0.05, 0) is 37.5 Å². The molecule has 0 aliphatic heterocycles. The van der Waals surface area contributed by atoms with Gasteiger partial charge in [-0.3, -0.25) is 4.79 Å². The van der Waals surface area contributed by atoms with E-state index in [1.54, 1.807) is 24.9 Å². The zero-order chi connectivity index (χ0) is 19.1. The lowest BCUT2D eigenvalue weighted by atomic mass is 10.1. The number of amides is 1. The van der Waals surface area contributed by atoms with Crippen LogP contribution in [-0.2, 0) is 6.42 Å². The minimum Gasteiger partial charge on any atom is -0.370 e. The third-order valence-corrected chi connectivity index (χ3v) is 4.30. The summed E-state index contributed by atoms with van der Waals surface area (Å²) in [6, 6.07) is 21.6. The van der Waals surface area contributed by atoms with E-state index >= 15 is 0 Å². The highest BCUT2D eigenvalue weighted by Crippen LogP contribution is 2.16. The highest BCUT2D eigenvalue weighted by Gasteiger charge is 2.16. The van der Waals surface area contributed by atoms with E-state index in [0.29, 0.717) is 17.3 Å². The first-order chi connectivity index (χ1) is 13.1. The number of nitrogens with one attached hydrogen (secondary N) is 1. The van der Waals surface area contributed by atoms with Crippen molar-refractivity contribution in [2.24, 2.45) is 0 Å². The van der Waals surface area contributed by atoms with Gasteiger partial charge < -0.3 is 10.2 Å². The molecule has 0 spiro atoms. The smallest absolute Gasteiger partial charge is 0.276 e. The molecular formula is C22H24N4O. The SMILES string of the molecule is Cc1nc(NCCCc2ccccc2)cc(C(=O)N(C)c2ccccc2)n1. The molecule has 1 amide bonds. The number of nitrogens with zero attached hydrogens (tertiary/aromatic N) is 3. The van der Waals surface area contributed by atoms with Crippen LogP contribution >= 0.6 is 0 Å². The Bertz CT molecular complexity index is 881. The Labute approximate surface area is 160 Å². The molecule has 0 saturated heterocycles. The summed E-state index contributed by atoms with van der Waals surface area (Å²) in [5.74, 6) is 1.10. The fourth-order valence-corrected chi connectivity index (χ4v) is 2.86. The minimum atomic E-state index is -0.154. The number of benzene rings is 2. The second kappa shape index (κ2) is 8.94. The standard InChI is InChI=1S/C22H24N4O/c1-17-24-20(22(27)26(2)19-13-7-4-8-14-19)16-21(25-17)23-15-9-12-18-10-5-3-6-11-18/h3-8,10-11,13-14,16H,9,12,15H2,1-2H3,(H,23,24,25). The number of hydrogen-bond acceptors (Lipinski definition) is 4. The van der Waals surface area contributed by atoms with Gasteiger partial charge in [0, 0.05) is 25.3 Å². The molecule has 5 heteroatoms. The second-order valence-corrected chi connectivity index (χ2v) is 6.40. The molecule has 0 aliphatic rings. The van der Waals surface area contributed by atoms with E-state index in [2.05, 4.69) is 39.6 Å². The van der Waals surface area contributed by atoms with Crippen LogP contribution in [0.3, 0.4) is 0 Å². The zero-order valence-corrected chi connectivity index (χ0v) is 15.7. The van der Waals surface area contributed by atoms with Gasteiger partial charge in [0.05, 0.1) is 0 Å². The van der Waals surface area contributed by atoms with Crippen molar-refractivity contribution in [3.63, 3.8) is 0 Å². The van der Waals surface area contributed by atoms with E-state index in [1.807, 2.05) is 36.4 Å². The van der Waals surface area contributed by atoms with Crippen molar-refractivity contribution in [2.45, 2.75) is 19.8 Å². The maximum absolute atomic E-state index is 12.8. The monoisotopic (exact) mass is 360 g/mol. The minimum absolute atomic E-state index is 0.154. The molecule has 2 aromatic carbocycles.